The summed E-state index contributed by atoms with van der Waals surface area (Å²) in [4.78, 5) is 20.5. The SMILES string of the molecule is CCCC(CCO)CNC(=O)c1ccnc(-n2ccnc2)c1. The fraction of sp³-hybridized carbons (Fsp3) is 0.438. The van der Waals surface area contributed by atoms with Gasteiger partial charge in [0.1, 0.15) is 12.1 Å². The second kappa shape index (κ2) is 8.29. The molecular formula is C16H22N4O2. The number of nitrogens with zero attached hydrogens (tertiary/aromatic N) is 3. The van der Waals surface area contributed by atoms with Gasteiger partial charge in [-0.2, -0.15) is 0 Å². The van der Waals surface area contributed by atoms with Crippen molar-refractivity contribution in [1.82, 2.24) is 19.9 Å². The van der Waals surface area contributed by atoms with Crippen molar-refractivity contribution in [2.75, 3.05) is 13.2 Å². The van der Waals surface area contributed by atoms with Crippen molar-refractivity contribution in [2.24, 2.45) is 5.92 Å². The zero-order valence-corrected chi connectivity index (χ0v) is 12.8. The van der Waals surface area contributed by atoms with Crippen molar-refractivity contribution in [3.05, 3.63) is 42.6 Å². The van der Waals surface area contributed by atoms with Gasteiger partial charge >= 0.3 is 0 Å². The summed E-state index contributed by atoms with van der Waals surface area (Å²) >= 11 is 0. The summed E-state index contributed by atoms with van der Waals surface area (Å²) in [6.45, 7) is 2.84. The second-order valence-electron chi connectivity index (χ2n) is 5.25. The summed E-state index contributed by atoms with van der Waals surface area (Å²) in [6.07, 6.45) is 9.45. The molecule has 2 N–H and O–H groups in total. The quantitative estimate of drug-likeness (QED) is 0.779. The summed E-state index contributed by atoms with van der Waals surface area (Å²) in [5, 5.41) is 12.0. The first-order valence-corrected chi connectivity index (χ1v) is 7.58. The van der Waals surface area contributed by atoms with Crippen molar-refractivity contribution < 1.29 is 9.90 Å². The lowest BCUT2D eigenvalue weighted by Crippen LogP contribution is -2.29. The van der Waals surface area contributed by atoms with Gasteiger partial charge in [0, 0.05) is 37.3 Å². The molecule has 0 aliphatic carbocycles. The highest BCUT2D eigenvalue weighted by Gasteiger charge is 2.11. The number of hydrogen-bond donors (Lipinski definition) is 2. The Morgan fingerprint density at radius 3 is 2.95 bits per heavy atom. The van der Waals surface area contributed by atoms with E-state index in [-0.39, 0.29) is 12.5 Å². The number of aromatic nitrogens is 3. The van der Waals surface area contributed by atoms with E-state index in [4.69, 9.17) is 5.11 Å². The van der Waals surface area contributed by atoms with E-state index in [2.05, 4.69) is 22.2 Å². The number of aliphatic hydroxyl groups excluding tert-OH is 1. The topological polar surface area (TPSA) is 80.0 Å². The number of hydrogen-bond acceptors (Lipinski definition) is 4. The van der Waals surface area contributed by atoms with Crippen LogP contribution in [0.2, 0.25) is 0 Å². The van der Waals surface area contributed by atoms with Crippen LogP contribution in [0.15, 0.2) is 37.1 Å². The zero-order chi connectivity index (χ0) is 15.8. The van der Waals surface area contributed by atoms with Gasteiger partial charge in [-0.15, -0.1) is 0 Å². The Labute approximate surface area is 130 Å². The van der Waals surface area contributed by atoms with Gasteiger partial charge in [-0.25, -0.2) is 9.97 Å². The summed E-state index contributed by atoms with van der Waals surface area (Å²) in [6, 6.07) is 3.43. The first kappa shape index (κ1) is 16.2. The molecule has 0 aliphatic rings. The summed E-state index contributed by atoms with van der Waals surface area (Å²) in [5.41, 5.74) is 0.568. The monoisotopic (exact) mass is 302 g/mol. The molecule has 0 spiro atoms. The summed E-state index contributed by atoms with van der Waals surface area (Å²) in [5.74, 6) is 0.849. The Morgan fingerprint density at radius 2 is 2.27 bits per heavy atom. The van der Waals surface area contributed by atoms with Gasteiger partial charge in [-0.1, -0.05) is 13.3 Å². The van der Waals surface area contributed by atoms with Crippen molar-refractivity contribution in [3.8, 4) is 5.82 Å². The lowest BCUT2D eigenvalue weighted by Gasteiger charge is -2.15. The molecule has 1 amide bonds. The van der Waals surface area contributed by atoms with Crippen molar-refractivity contribution in [1.29, 1.82) is 0 Å². The zero-order valence-electron chi connectivity index (χ0n) is 12.8. The van der Waals surface area contributed by atoms with Crippen LogP contribution in [0.3, 0.4) is 0 Å². The Morgan fingerprint density at radius 1 is 1.41 bits per heavy atom. The van der Waals surface area contributed by atoms with Crippen LogP contribution in [0.5, 0.6) is 0 Å². The van der Waals surface area contributed by atoms with Crippen LogP contribution in [-0.2, 0) is 0 Å². The molecule has 2 rings (SSSR count). The number of nitrogens with one attached hydrogen (secondary N) is 1. The van der Waals surface area contributed by atoms with E-state index in [1.54, 1.807) is 41.6 Å². The fourth-order valence-corrected chi connectivity index (χ4v) is 2.37. The van der Waals surface area contributed by atoms with E-state index < -0.39 is 0 Å². The highest BCUT2D eigenvalue weighted by Crippen LogP contribution is 2.11. The number of carbonyl (C=O) groups is 1. The average molecular weight is 302 g/mol. The molecule has 1 atom stereocenters. The molecule has 0 fully saturated rings. The van der Waals surface area contributed by atoms with Gasteiger partial charge in [0.2, 0.25) is 0 Å². The third kappa shape index (κ3) is 4.39. The maximum atomic E-state index is 12.3. The molecule has 0 saturated carbocycles. The van der Waals surface area contributed by atoms with Crippen LogP contribution in [0.4, 0.5) is 0 Å². The minimum absolute atomic E-state index is 0.122. The molecule has 0 bridgehead atoms. The van der Waals surface area contributed by atoms with Crippen molar-refractivity contribution in [2.45, 2.75) is 26.2 Å². The molecule has 1 unspecified atom stereocenters. The number of pyridine rings is 1. The Kier molecular flexibility index (Phi) is 6.09. The first-order valence-electron chi connectivity index (χ1n) is 7.58. The summed E-state index contributed by atoms with van der Waals surface area (Å²) < 4.78 is 1.75. The van der Waals surface area contributed by atoms with E-state index in [9.17, 15) is 4.79 Å². The van der Waals surface area contributed by atoms with E-state index in [1.165, 1.54) is 0 Å². The van der Waals surface area contributed by atoms with Gasteiger partial charge in [0.05, 0.1) is 0 Å². The minimum Gasteiger partial charge on any atom is -0.396 e. The number of imidazole rings is 1. The molecule has 2 heterocycles. The fourth-order valence-electron chi connectivity index (χ4n) is 2.37. The van der Waals surface area contributed by atoms with Gasteiger partial charge in [0.25, 0.3) is 5.91 Å². The number of amides is 1. The number of aliphatic hydroxyl groups is 1. The van der Waals surface area contributed by atoms with E-state index in [1.807, 2.05) is 0 Å². The third-order valence-electron chi connectivity index (χ3n) is 3.56. The normalized spacial score (nSPS) is 12.1. The number of carbonyl (C=O) groups excluding carboxylic acids is 1. The number of rotatable bonds is 8. The molecule has 6 heteroatoms. The van der Waals surface area contributed by atoms with Crippen LogP contribution in [-0.4, -0.2) is 38.7 Å². The van der Waals surface area contributed by atoms with Crippen LogP contribution in [0.1, 0.15) is 36.5 Å². The molecule has 2 aromatic rings. The average Bonchev–Trinajstić information content (AvgIpc) is 3.07. The van der Waals surface area contributed by atoms with Gasteiger partial charge in [0.15, 0.2) is 0 Å². The second-order valence-corrected chi connectivity index (χ2v) is 5.25. The molecule has 0 aromatic carbocycles. The molecule has 22 heavy (non-hydrogen) atoms. The highest BCUT2D eigenvalue weighted by molar-refractivity contribution is 5.94. The lowest BCUT2D eigenvalue weighted by molar-refractivity contribution is 0.0942. The maximum Gasteiger partial charge on any atom is 0.251 e. The molecule has 6 nitrogen and oxygen atoms in total. The van der Waals surface area contributed by atoms with Crippen LogP contribution in [0, 0.1) is 5.92 Å². The van der Waals surface area contributed by atoms with Crippen LogP contribution in [0.25, 0.3) is 5.82 Å². The third-order valence-corrected chi connectivity index (χ3v) is 3.56. The van der Waals surface area contributed by atoms with Gasteiger partial charge < -0.3 is 10.4 Å². The van der Waals surface area contributed by atoms with E-state index in [0.29, 0.717) is 30.3 Å². The molecule has 0 saturated heterocycles. The molecule has 118 valence electrons. The molecular weight excluding hydrogens is 280 g/mol. The Bertz CT molecular complexity index is 578. The highest BCUT2D eigenvalue weighted by atomic mass is 16.3. The Hall–Kier alpha value is -2.21. The molecule has 0 aliphatic heterocycles. The Balaban J connectivity index is 1.99. The first-order chi connectivity index (χ1) is 10.7. The predicted octanol–water partition coefficient (Wildman–Crippen LogP) is 1.80. The van der Waals surface area contributed by atoms with Gasteiger partial charge in [-0.3, -0.25) is 9.36 Å². The van der Waals surface area contributed by atoms with E-state index in [0.717, 1.165) is 12.8 Å². The lowest BCUT2D eigenvalue weighted by atomic mass is 10.00. The van der Waals surface area contributed by atoms with Gasteiger partial charge in [-0.05, 0) is 30.9 Å². The summed E-state index contributed by atoms with van der Waals surface area (Å²) in [7, 11) is 0. The minimum atomic E-state index is -0.122. The largest absolute Gasteiger partial charge is 0.396 e. The van der Waals surface area contributed by atoms with Crippen LogP contribution < -0.4 is 5.32 Å². The molecule has 0 radical (unpaired) electrons. The molecule has 2 aromatic heterocycles. The smallest absolute Gasteiger partial charge is 0.251 e. The van der Waals surface area contributed by atoms with E-state index >= 15 is 0 Å². The van der Waals surface area contributed by atoms with Crippen molar-refractivity contribution >= 4 is 5.91 Å². The maximum absolute atomic E-state index is 12.3. The van der Waals surface area contributed by atoms with Crippen molar-refractivity contribution in [3.63, 3.8) is 0 Å². The standard InChI is InChI=1S/C16H22N4O2/c1-2-3-13(5-9-21)11-19-16(22)14-4-6-18-15(10-14)20-8-7-17-12-20/h4,6-8,10,12-13,21H,2-3,5,9,11H2,1H3,(H,19,22). The van der Waals surface area contributed by atoms with Crippen LogP contribution >= 0.6 is 0 Å². The predicted molar refractivity (Wildman–Crippen MR) is 83.8 cm³/mol.